The number of likely N-dealkylation sites (tertiary alicyclic amines) is 1. The summed E-state index contributed by atoms with van der Waals surface area (Å²) < 4.78 is 11.9. The van der Waals surface area contributed by atoms with Crippen LogP contribution in [0.5, 0.6) is 0 Å². The molecule has 0 saturated carbocycles. The van der Waals surface area contributed by atoms with Gasteiger partial charge in [0.25, 0.3) is 0 Å². The van der Waals surface area contributed by atoms with E-state index in [9.17, 15) is 0 Å². The molecule has 1 atom stereocenters. The van der Waals surface area contributed by atoms with Crippen LogP contribution < -0.4 is 5.32 Å². The van der Waals surface area contributed by atoms with Gasteiger partial charge in [0, 0.05) is 38.7 Å². The maximum atomic E-state index is 6.16. The molecule has 1 aromatic carbocycles. The Bertz CT molecular complexity index is 666. The standard InChI is InChI=1S/C24H39N3O2.HI/c1-19-8-7-9-20(16-19)24(2,3)18-26-23(25-4)27-13-11-21(12-14-27)29-17-22-10-5-6-15-28-22;/h7-9,16,21-22H,5-6,10-15,17-18H2,1-4H3,(H,25,26);1H. The molecule has 30 heavy (non-hydrogen) atoms. The van der Waals surface area contributed by atoms with Gasteiger partial charge in [-0.3, -0.25) is 4.99 Å². The molecule has 2 saturated heterocycles. The highest BCUT2D eigenvalue weighted by Crippen LogP contribution is 2.23. The van der Waals surface area contributed by atoms with Crippen LogP contribution in [0.2, 0.25) is 0 Å². The maximum absolute atomic E-state index is 6.16. The van der Waals surface area contributed by atoms with Gasteiger partial charge in [-0.1, -0.05) is 43.7 Å². The number of halogens is 1. The first-order valence-electron chi connectivity index (χ1n) is 11.2. The van der Waals surface area contributed by atoms with Crippen molar-refractivity contribution in [3.05, 3.63) is 35.4 Å². The highest BCUT2D eigenvalue weighted by atomic mass is 127. The number of piperidine rings is 1. The molecule has 1 aromatic rings. The Morgan fingerprint density at radius 1 is 1.23 bits per heavy atom. The van der Waals surface area contributed by atoms with Crippen LogP contribution in [0.25, 0.3) is 0 Å². The minimum absolute atomic E-state index is 0. The van der Waals surface area contributed by atoms with Crippen molar-refractivity contribution in [1.29, 1.82) is 0 Å². The molecule has 0 aliphatic carbocycles. The van der Waals surface area contributed by atoms with Crippen molar-refractivity contribution in [2.45, 2.75) is 70.5 Å². The van der Waals surface area contributed by atoms with E-state index in [-0.39, 0.29) is 29.4 Å². The summed E-state index contributed by atoms with van der Waals surface area (Å²) in [5.41, 5.74) is 2.71. The first-order valence-corrected chi connectivity index (χ1v) is 11.2. The number of rotatable bonds is 6. The molecule has 6 heteroatoms. The summed E-state index contributed by atoms with van der Waals surface area (Å²) in [6.45, 7) is 11.2. The third kappa shape index (κ3) is 7.38. The minimum Gasteiger partial charge on any atom is -0.376 e. The Morgan fingerprint density at radius 3 is 2.63 bits per heavy atom. The fraction of sp³-hybridized carbons (Fsp3) is 0.708. The largest absolute Gasteiger partial charge is 0.376 e. The van der Waals surface area contributed by atoms with Gasteiger partial charge in [0.05, 0.1) is 18.8 Å². The summed E-state index contributed by atoms with van der Waals surface area (Å²) in [4.78, 5) is 6.91. The number of hydrogen-bond donors (Lipinski definition) is 1. The van der Waals surface area contributed by atoms with Gasteiger partial charge < -0.3 is 19.7 Å². The van der Waals surface area contributed by atoms with Gasteiger partial charge in [-0.25, -0.2) is 0 Å². The lowest BCUT2D eigenvalue weighted by atomic mass is 9.84. The molecule has 0 bridgehead atoms. The van der Waals surface area contributed by atoms with Crippen molar-refractivity contribution in [3.63, 3.8) is 0 Å². The smallest absolute Gasteiger partial charge is 0.193 e. The Hall–Kier alpha value is -0.860. The second-order valence-electron chi connectivity index (χ2n) is 9.16. The highest BCUT2D eigenvalue weighted by Gasteiger charge is 2.26. The fourth-order valence-electron chi connectivity index (χ4n) is 4.22. The average molecular weight is 530 g/mol. The van der Waals surface area contributed by atoms with Crippen molar-refractivity contribution in [2.75, 3.05) is 39.9 Å². The molecule has 2 heterocycles. The third-order valence-electron chi connectivity index (χ3n) is 6.23. The van der Waals surface area contributed by atoms with Crippen LogP contribution in [-0.2, 0) is 14.9 Å². The van der Waals surface area contributed by atoms with Crippen molar-refractivity contribution in [3.8, 4) is 0 Å². The number of aryl methyl sites for hydroxylation is 1. The summed E-state index contributed by atoms with van der Waals surface area (Å²) in [6.07, 6.45) is 6.36. The Labute approximate surface area is 200 Å². The monoisotopic (exact) mass is 529 g/mol. The van der Waals surface area contributed by atoms with Gasteiger partial charge in [0.1, 0.15) is 0 Å². The van der Waals surface area contributed by atoms with E-state index in [1.54, 1.807) is 0 Å². The molecular formula is C24H40IN3O2. The van der Waals surface area contributed by atoms with Gasteiger partial charge in [0.15, 0.2) is 5.96 Å². The zero-order chi connectivity index (χ0) is 20.7. The second-order valence-corrected chi connectivity index (χ2v) is 9.16. The number of nitrogens with one attached hydrogen (secondary N) is 1. The minimum atomic E-state index is 0. The molecule has 2 aliphatic heterocycles. The molecule has 1 unspecified atom stereocenters. The van der Waals surface area contributed by atoms with Crippen molar-refractivity contribution >= 4 is 29.9 Å². The molecule has 0 spiro atoms. The van der Waals surface area contributed by atoms with Gasteiger partial charge >= 0.3 is 0 Å². The number of nitrogens with zero attached hydrogens (tertiary/aromatic N) is 2. The summed E-state index contributed by atoms with van der Waals surface area (Å²) in [7, 11) is 1.88. The van der Waals surface area contributed by atoms with E-state index in [4.69, 9.17) is 9.47 Å². The molecule has 0 aromatic heterocycles. The zero-order valence-electron chi connectivity index (χ0n) is 19.2. The van der Waals surface area contributed by atoms with E-state index in [1.165, 1.54) is 24.0 Å². The highest BCUT2D eigenvalue weighted by molar-refractivity contribution is 14.0. The first kappa shape index (κ1) is 25.4. The third-order valence-corrected chi connectivity index (χ3v) is 6.23. The lowest BCUT2D eigenvalue weighted by Crippen LogP contribution is -2.49. The van der Waals surface area contributed by atoms with Crippen LogP contribution in [0, 0.1) is 6.92 Å². The van der Waals surface area contributed by atoms with E-state index in [2.05, 4.69) is 60.2 Å². The summed E-state index contributed by atoms with van der Waals surface area (Å²) in [5.74, 6) is 1.000. The summed E-state index contributed by atoms with van der Waals surface area (Å²) in [5, 5.41) is 3.61. The van der Waals surface area contributed by atoms with Crippen LogP contribution in [0.1, 0.15) is 57.1 Å². The van der Waals surface area contributed by atoms with Gasteiger partial charge in [-0.15, -0.1) is 24.0 Å². The van der Waals surface area contributed by atoms with Crippen LogP contribution in [0.15, 0.2) is 29.3 Å². The first-order chi connectivity index (χ1) is 14.0. The van der Waals surface area contributed by atoms with Crippen LogP contribution >= 0.6 is 24.0 Å². The molecule has 1 N–H and O–H groups in total. The molecule has 2 aliphatic rings. The summed E-state index contributed by atoms with van der Waals surface area (Å²) in [6, 6.07) is 8.79. The summed E-state index contributed by atoms with van der Waals surface area (Å²) >= 11 is 0. The van der Waals surface area contributed by atoms with Crippen molar-refractivity contribution in [1.82, 2.24) is 10.2 Å². The Kier molecular flexibility index (Phi) is 10.4. The molecule has 170 valence electrons. The van der Waals surface area contributed by atoms with E-state index in [1.807, 2.05) is 7.05 Å². The van der Waals surface area contributed by atoms with Crippen molar-refractivity contribution in [2.24, 2.45) is 4.99 Å². The lowest BCUT2D eigenvalue weighted by molar-refractivity contribution is -0.0721. The van der Waals surface area contributed by atoms with E-state index >= 15 is 0 Å². The molecule has 2 fully saturated rings. The Morgan fingerprint density at radius 2 is 2.00 bits per heavy atom. The van der Waals surface area contributed by atoms with E-state index in [0.717, 1.165) is 58.1 Å². The van der Waals surface area contributed by atoms with Crippen LogP contribution in [0.4, 0.5) is 0 Å². The number of benzene rings is 1. The number of ether oxygens (including phenoxy) is 2. The van der Waals surface area contributed by atoms with E-state index < -0.39 is 0 Å². The van der Waals surface area contributed by atoms with Gasteiger partial charge in [-0.05, 0) is 44.6 Å². The topological polar surface area (TPSA) is 46.1 Å². The molecule has 5 nitrogen and oxygen atoms in total. The maximum Gasteiger partial charge on any atom is 0.193 e. The zero-order valence-corrected chi connectivity index (χ0v) is 21.5. The molecule has 3 rings (SSSR count). The quantitative estimate of drug-likeness (QED) is 0.335. The number of aliphatic imine (C=N–C) groups is 1. The lowest BCUT2D eigenvalue weighted by Gasteiger charge is -2.36. The normalized spacial score (nSPS) is 21.3. The fourth-order valence-corrected chi connectivity index (χ4v) is 4.22. The number of guanidine groups is 1. The second kappa shape index (κ2) is 12.2. The SMILES string of the molecule is CN=C(NCC(C)(C)c1cccc(C)c1)N1CCC(OCC2CCCCO2)CC1.I. The Balaban J connectivity index is 0.00000320. The number of hydrogen-bond acceptors (Lipinski definition) is 3. The van der Waals surface area contributed by atoms with E-state index in [0.29, 0.717) is 12.2 Å². The average Bonchev–Trinajstić information content (AvgIpc) is 2.74. The van der Waals surface area contributed by atoms with Crippen LogP contribution in [-0.4, -0.2) is 63.0 Å². The van der Waals surface area contributed by atoms with Gasteiger partial charge in [-0.2, -0.15) is 0 Å². The van der Waals surface area contributed by atoms with Crippen molar-refractivity contribution < 1.29 is 9.47 Å². The van der Waals surface area contributed by atoms with Crippen LogP contribution in [0.3, 0.4) is 0 Å². The molecule has 0 radical (unpaired) electrons. The van der Waals surface area contributed by atoms with Gasteiger partial charge in [0.2, 0.25) is 0 Å². The molecular weight excluding hydrogens is 489 g/mol. The predicted octanol–water partition coefficient (Wildman–Crippen LogP) is 4.52. The predicted molar refractivity (Wildman–Crippen MR) is 135 cm³/mol. The molecule has 0 amide bonds.